The Morgan fingerprint density at radius 2 is 1.07 bits per heavy atom. The summed E-state index contributed by atoms with van der Waals surface area (Å²) in [5.41, 5.74) is -1.40. The van der Waals surface area contributed by atoms with Crippen LogP contribution < -0.4 is 0 Å². The van der Waals surface area contributed by atoms with E-state index in [1.807, 2.05) is 0 Å². The van der Waals surface area contributed by atoms with E-state index in [2.05, 4.69) is 0 Å². The molecule has 0 aromatic carbocycles. The molecular formula is C8H12O6. The number of aliphatic hydroxyl groups is 2. The molecule has 0 rings (SSSR count). The maximum atomic E-state index is 10.6. The highest BCUT2D eigenvalue weighted by atomic mass is 16.4. The maximum absolute atomic E-state index is 10.6. The second-order valence-corrected chi connectivity index (χ2v) is 2.79. The SMILES string of the molecule is CC(O)/C(C(=O)O)=C(/C(=O)O)C(C)O. The molecule has 6 heteroatoms. The van der Waals surface area contributed by atoms with Crippen molar-refractivity contribution >= 4 is 11.9 Å². The van der Waals surface area contributed by atoms with E-state index >= 15 is 0 Å². The lowest BCUT2D eigenvalue weighted by atomic mass is 10.00. The number of carboxylic acids is 2. The summed E-state index contributed by atoms with van der Waals surface area (Å²) in [5, 5.41) is 35.3. The van der Waals surface area contributed by atoms with Gasteiger partial charge < -0.3 is 20.4 Å². The molecule has 14 heavy (non-hydrogen) atoms. The van der Waals surface area contributed by atoms with Gasteiger partial charge in [0.05, 0.1) is 23.4 Å². The molecule has 0 amide bonds. The third kappa shape index (κ3) is 2.82. The highest BCUT2D eigenvalue weighted by molar-refractivity contribution is 6.00. The van der Waals surface area contributed by atoms with Gasteiger partial charge >= 0.3 is 11.9 Å². The predicted octanol–water partition coefficient (Wildman–Crippen LogP) is -0.786. The fraction of sp³-hybridized carbons (Fsp3) is 0.500. The molecule has 0 saturated carbocycles. The first-order chi connectivity index (χ1) is 6.29. The zero-order valence-electron chi connectivity index (χ0n) is 7.76. The molecule has 0 bridgehead atoms. The second kappa shape index (κ2) is 4.73. The van der Waals surface area contributed by atoms with Gasteiger partial charge in [-0.05, 0) is 13.8 Å². The summed E-state index contributed by atoms with van der Waals surface area (Å²) in [6.45, 7) is 2.24. The quantitative estimate of drug-likeness (QED) is 0.446. The van der Waals surface area contributed by atoms with Crippen LogP contribution in [0, 0.1) is 0 Å². The molecule has 0 aliphatic rings. The molecule has 2 atom stereocenters. The normalized spacial score (nSPS) is 16.9. The van der Waals surface area contributed by atoms with Crippen LogP contribution in [0.15, 0.2) is 11.1 Å². The topological polar surface area (TPSA) is 115 Å². The summed E-state index contributed by atoms with van der Waals surface area (Å²) in [6, 6.07) is 0. The van der Waals surface area contributed by atoms with E-state index in [0.717, 1.165) is 13.8 Å². The minimum absolute atomic E-state index is 0.701. The lowest BCUT2D eigenvalue weighted by Crippen LogP contribution is -2.25. The van der Waals surface area contributed by atoms with Crippen LogP contribution in [0.2, 0.25) is 0 Å². The number of rotatable bonds is 4. The average Bonchev–Trinajstić information content (AvgIpc) is 1.96. The highest BCUT2D eigenvalue weighted by Gasteiger charge is 2.26. The van der Waals surface area contributed by atoms with Crippen molar-refractivity contribution in [1.82, 2.24) is 0 Å². The number of carbonyl (C=O) groups is 2. The van der Waals surface area contributed by atoms with Crippen molar-refractivity contribution in [2.75, 3.05) is 0 Å². The van der Waals surface area contributed by atoms with Gasteiger partial charge in [-0.1, -0.05) is 0 Å². The van der Waals surface area contributed by atoms with Gasteiger partial charge in [-0.3, -0.25) is 0 Å². The molecule has 2 unspecified atom stereocenters. The molecule has 0 radical (unpaired) electrons. The molecule has 0 saturated heterocycles. The van der Waals surface area contributed by atoms with Gasteiger partial charge in [-0.15, -0.1) is 0 Å². The van der Waals surface area contributed by atoms with Crippen molar-refractivity contribution in [2.24, 2.45) is 0 Å². The molecule has 0 aromatic heterocycles. The summed E-state index contributed by atoms with van der Waals surface area (Å²) in [6.07, 6.45) is -2.90. The molecule has 0 aliphatic heterocycles. The maximum Gasteiger partial charge on any atom is 0.334 e. The van der Waals surface area contributed by atoms with Crippen LogP contribution in [0.3, 0.4) is 0 Å². The second-order valence-electron chi connectivity index (χ2n) is 2.79. The van der Waals surface area contributed by atoms with Crippen LogP contribution in [0.4, 0.5) is 0 Å². The molecule has 80 valence electrons. The molecule has 0 aromatic rings. The summed E-state index contributed by atoms with van der Waals surface area (Å²) >= 11 is 0. The van der Waals surface area contributed by atoms with Crippen LogP contribution in [0.5, 0.6) is 0 Å². The van der Waals surface area contributed by atoms with Gasteiger partial charge in [0, 0.05) is 0 Å². The van der Waals surface area contributed by atoms with Crippen LogP contribution in [-0.4, -0.2) is 44.6 Å². The van der Waals surface area contributed by atoms with Crippen LogP contribution in [0.25, 0.3) is 0 Å². The third-order valence-corrected chi connectivity index (χ3v) is 1.59. The van der Waals surface area contributed by atoms with E-state index in [0.29, 0.717) is 0 Å². The Balaban J connectivity index is 5.51. The largest absolute Gasteiger partial charge is 0.478 e. The first kappa shape index (κ1) is 12.6. The Bertz CT molecular complexity index is 248. The van der Waals surface area contributed by atoms with Crippen molar-refractivity contribution in [1.29, 1.82) is 0 Å². The van der Waals surface area contributed by atoms with Gasteiger partial charge in [0.15, 0.2) is 0 Å². The zero-order chi connectivity index (χ0) is 11.5. The summed E-state index contributed by atoms with van der Waals surface area (Å²) < 4.78 is 0. The van der Waals surface area contributed by atoms with Gasteiger partial charge in [0.2, 0.25) is 0 Å². The van der Waals surface area contributed by atoms with E-state index in [1.54, 1.807) is 0 Å². The molecule has 0 aliphatic carbocycles. The lowest BCUT2D eigenvalue weighted by Gasteiger charge is -2.12. The smallest absolute Gasteiger partial charge is 0.334 e. The monoisotopic (exact) mass is 204 g/mol. The van der Waals surface area contributed by atoms with Gasteiger partial charge in [0.1, 0.15) is 0 Å². The van der Waals surface area contributed by atoms with Gasteiger partial charge in [-0.2, -0.15) is 0 Å². The van der Waals surface area contributed by atoms with Crippen LogP contribution >= 0.6 is 0 Å². The number of hydrogen-bond acceptors (Lipinski definition) is 4. The molecule has 0 heterocycles. The Hall–Kier alpha value is -1.40. The number of aliphatic carboxylic acids is 2. The van der Waals surface area contributed by atoms with E-state index in [4.69, 9.17) is 20.4 Å². The van der Waals surface area contributed by atoms with Crippen molar-refractivity contribution in [3.05, 3.63) is 11.1 Å². The van der Waals surface area contributed by atoms with Crippen molar-refractivity contribution < 1.29 is 30.0 Å². The Kier molecular flexibility index (Phi) is 4.26. The summed E-state index contributed by atoms with van der Waals surface area (Å²) in [7, 11) is 0. The van der Waals surface area contributed by atoms with Crippen LogP contribution in [0.1, 0.15) is 13.8 Å². The molecule has 4 N–H and O–H groups in total. The fourth-order valence-electron chi connectivity index (χ4n) is 1.04. The van der Waals surface area contributed by atoms with E-state index in [9.17, 15) is 9.59 Å². The minimum atomic E-state index is -1.56. The fourth-order valence-corrected chi connectivity index (χ4v) is 1.04. The van der Waals surface area contributed by atoms with Crippen molar-refractivity contribution in [3.8, 4) is 0 Å². The van der Waals surface area contributed by atoms with Crippen molar-refractivity contribution in [3.63, 3.8) is 0 Å². The average molecular weight is 204 g/mol. The third-order valence-electron chi connectivity index (χ3n) is 1.59. The molecule has 0 fully saturated rings. The first-order valence-corrected chi connectivity index (χ1v) is 3.85. The first-order valence-electron chi connectivity index (χ1n) is 3.85. The molecule has 6 nitrogen and oxygen atoms in total. The summed E-state index contributed by atoms with van der Waals surface area (Å²) in [5.74, 6) is -3.11. The van der Waals surface area contributed by atoms with E-state index in [1.165, 1.54) is 0 Å². The van der Waals surface area contributed by atoms with E-state index in [-0.39, 0.29) is 0 Å². The molecular weight excluding hydrogens is 192 g/mol. The van der Waals surface area contributed by atoms with E-state index < -0.39 is 35.3 Å². The highest BCUT2D eigenvalue weighted by Crippen LogP contribution is 2.14. The lowest BCUT2D eigenvalue weighted by molar-refractivity contribution is -0.137. The Labute approximate surface area is 80.1 Å². The Morgan fingerprint density at radius 1 is 0.857 bits per heavy atom. The zero-order valence-corrected chi connectivity index (χ0v) is 7.76. The minimum Gasteiger partial charge on any atom is -0.478 e. The summed E-state index contributed by atoms with van der Waals surface area (Å²) in [4.78, 5) is 21.2. The standard InChI is InChI=1S/C8H12O6/c1-3(9)5(7(11)12)6(4(2)10)8(13)14/h3-4,9-10H,1-2H3,(H,11,12)(H,13,14)/b6-5-. The Morgan fingerprint density at radius 3 is 1.14 bits per heavy atom. The predicted molar refractivity (Wildman–Crippen MR) is 45.7 cm³/mol. The van der Waals surface area contributed by atoms with Gasteiger partial charge in [0.25, 0.3) is 0 Å². The number of carboxylic acid groups (broad SMARTS) is 2. The number of aliphatic hydroxyl groups excluding tert-OH is 2. The van der Waals surface area contributed by atoms with Crippen LogP contribution in [-0.2, 0) is 9.59 Å². The van der Waals surface area contributed by atoms with Gasteiger partial charge in [-0.25, -0.2) is 9.59 Å². The molecule has 0 spiro atoms. The number of hydrogen-bond donors (Lipinski definition) is 4. The van der Waals surface area contributed by atoms with Crippen molar-refractivity contribution in [2.45, 2.75) is 26.1 Å².